The quantitative estimate of drug-likeness (QED) is 0.276. The molecule has 0 aliphatic rings. The number of aromatic amines is 1. The summed E-state index contributed by atoms with van der Waals surface area (Å²) in [6, 6.07) is 14.1. The van der Waals surface area contributed by atoms with Gasteiger partial charge in [-0.3, -0.25) is 10.1 Å². The molecule has 0 bridgehead atoms. The van der Waals surface area contributed by atoms with Gasteiger partial charge in [-0.15, -0.1) is 0 Å². The second-order valence-electron chi connectivity index (χ2n) is 7.42. The van der Waals surface area contributed by atoms with E-state index in [9.17, 15) is 10.1 Å². The molecule has 0 fully saturated rings. The van der Waals surface area contributed by atoms with Crippen molar-refractivity contribution in [3.8, 4) is 5.75 Å². The third-order valence-corrected chi connectivity index (χ3v) is 4.47. The highest BCUT2D eigenvalue weighted by Crippen LogP contribution is 2.24. The molecule has 0 amide bonds. The Morgan fingerprint density at radius 2 is 2.00 bits per heavy atom. The van der Waals surface area contributed by atoms with Crippen LogP contribution in [0, 0.1) is 14.9 Å². The van der Waals surface area contributed by atoms with Gasteiger partial charge < -0.3 is 4.74 Å². The van der Waals surface area contributed by atoms with Crippen LogP contribution in [-0.4, -0.2) is 26.0 Å². The van der Waals surface area contributed by atoms with Crippen LogP contribution in [0.2, 0.25) is 0 Å². The summed E-state index contributed by atoms with van der Waals surface area (Å²) in [5, 5.41) is 22.0. The van der Waals surface area contributed by atoms with E-state index >= 15 is 0 Å². The number of ether oxygens (including phenoxy) is 1. The fraction of sp³-hybridized carbons (Fsp3) is 0.250. The molecule has 0 radical (unpaired) electrons. The predicted octanol–water partition coefficient (Wildman–Crippen LogP) is 4.61. The SMILES string of the molecule is CC(C)(C)c1ccc(OCc2n[nH]c(=S)n2/N=C\c2cccc([N+](=O)[O-])c2)cc1. The van der Waals surface area contributed by atoms with E-state index in [1.807, 2.05) is 24.3 Å². The Bertz CT molecular complexity index is 1090. The van der Waals surface area contributed by atoms with Gasteiger partial charge in [-0.2, -0.15) is 14.9 Å². The van der Waals surface area contributed by atoms with Crippen molar-refractivity contribution in [2.24, 2.45) is 5.10 Å². The van der Waals surface area contributed by atoms with Crippen LogP contribution in [0.5, 0.6) is 5.75 Å². The minimum atomic E-state index is -0.453. The van der Waals surface area contributed by atoms with Crippen LogP contribution in [-0.2, 0) is 12.0 Å². The average Bonchev–Trinajstić information content (AvgIpc) is 3.04. The third kappa shape index (κ3) is 5.14. The fourth-order valence-electron chi connectivity index (χ4n) is 2.58. The number of nitro benzene ring substituents is 1. The number of nitrogens with one attached hydrogen (secondary N) is 1. The minimum absolute atomic E-state index is 0.00741. The van der Waals surface area contributed by atoms with Crippen LogP contribution in [0.15, 0.2) is 53.6 Å². The summed E-state index contributed by atoms with van der Waals surface area (Å²) in [6.07, 6.45) is 1.49. The third-order valence-electron chi connectivity index (χ3n) is 4.21. The van der Waals surface area contributed by atoms with Crippen molar-refractivity contribution >= 4 is 24.1 Å². The smallest absolute Gasteiger partial charge is 0.270 e. The van der Waals surface area contributed by atoms with E-state index in [4.69, 9.17) is 17.0 Å². The van der Waals surface area contributed by atoms with Crippen LogP contribution in [0.4, 0.5) is 5.69 Å². The first-order valence-corrected chi connectivity index (χ1v) is 9.33. The number of rotatable bonds is 6. The van der Waals surface area contributed by atoms with Gasteiger partial charge >= 0.3 is 0 Å². The zero-order valence-corrected chi connectivity index (χ0v) is 17.1. The number of benzene rings is 2. The average molecular weight is 411 g/mol. The monoisotopic (exact) mass is 411 g/mol. The maximum atomic E-state index is 10.9. The Labute approximate surface area is 173 Å². The Hall–Kier alpha value is -3.33. The zero-order valence-electron chi connectivity index (χ0n) is 16.3. The molecule has 8 nitrogen and oxygen atoms in total. The number of hydrogen-bond donors (Lipinski definition) is 1. The van der Waals surface area contributed by atoms with Crippen molar-refractivity contribution in [1.82, 2.24) is 14.9 Å². The van der Waals surface area contributed by atoms with E-state index in [0.717, 1.165) is 0 Å². The first kappa shape index (κ1) is 20.4. The van der Waals surface area contributed by atoms with E-state index in [1.54, 1.807) is 12.1 Å². The summed E-state index contributed by atoms with van der Waals surface area (Å²) in [4.78, 5) is 10.4. The van der Waals surface area contributed by atoms with Gasteiger partial charge in [0.2, 0.25) is 4.77 Å². The molecular formula is C20H21N5O3S. The number of nitrogens with zero attached hydrogens (tertiary/aromatic N) is 4. The highest BCUT2D eigenvalue weighted by molar-refractivity contribution is 7.71. The Balaban J connectivity index is 1.74. The van der Waals surface area contributed by atoms with Crippen molar-refractivity contribution in [2.75, 3.05) is 0 Å². The summed E-state index contributed by atoms with van der Waals surface area (Å²) in [5.74, 6) is 1.19. The van der Waals surface area contributed by atoms with Gasteiger partial charge in [-0.25, -0.2) is 5.10 Å². The van der Waals surface area contributed by atoms with Gasteiger partial charge in [-0.1, -0.05) is 45.0 Å². The number of hydrogen-bond acceptors (Lipinski definition) is 6. The molecule has 0 aliphatic heterocycles. The van der Waals surface area contributed by atoms with Crippen molar-refractivity contribution < 1.29 is 9.66 Å². The second kappa shape index (κ2) is 8.36. The van der Waals surface area contributed by atoms with Crippen LogP contribution in [0.3, 0.4) is 0 Å². The lowest BCUT2D eigenvalue weighted by Crippen LogP contribution is -2.10. The molecule has 1 heterocycles. The topological polar surface area (TPSA) is 98.3 Å². The molecule has 0 aliphatic carbocycles. The standard InChI is InChI=1S/C20H21N5O3S/c1-20(2,3)15-7-9-17(10-8-15)28-13-18-22-23-19(29)24(18)21-12-14-5-4-6-16(11-14)25(26)27/h4-12H,13H2,1-3H3,(H,23,29)/b21-12-. The van der Waals surface area contributed by atoms with Crippen molar-refractivity contribution in [2.45, 2.75) is 32.8 Å². The van der Waals surface area contributed by atoms with Crippen molar-refractivity contribution in [3.63, 3.8) is 0 Å². The number of aromatic nitrogens is 3. The summed E-state index contributed by atoms with van der Waals surface area (Å²) >= 11 is 5.21. The Morgan fingerprint density at radius 3 is 2.66 bits per heavy atom. The van der Waals surface area contributed by atoms with Gasteiger partial charge in [0.05, 0.1) is 11.1 Å². The largest absolute Gasteiger partial charge is 0.486 e. The number of nitro groups is 1. The number of H-pyrrole nitrogens is 1. The zero-order chi connectivity index (χ0) is 21.0. The minimum Gasteiger partial charge on any atom is -0.486 e. The molecule has 0 atom stereocenters. The van der Waals surface area contributed by atoms with E-state index in [2.05, 4.69) is 36.1 Å². The fourth-order valence-corrected chi connectivity index (χ4v) is 2.78. The maximum absolute atomic E-state index is 10.9. The molecule has 0 saturated carbocycles. The van der Waals surface area contributed by atoms with Gasteiger partial charge in [0.1, 0.15) is 12.4 Å². The Morgan fingerprint density at radius 1 is 1.28 bits per heavy atom. The summed E-state index contributed by atoms with van der Waals surface area (Å²) in [5.41, 5.74) is 1.86. The van der Waals surface area contributed by atoms with Gasteiger partial charge in [0.25, 0.3) is 5.69 Å². The molecule has 3 rings (SSSR count). The lowest BCUT2D eigenvalue weighted by atomic mass is 9.87. The van der Waals surface area contributed by atoms with Crippen LogP contribution >= 0.6 is 12.2 Å². The number of non-ortho nitro benzene ring substituents is 1. The molecule has 0 unspecified atom stereocenters. The molecule has 150 valence electrons. The predicted molar refractivity (Wildman–Crippen MR) is 113 cm³/mol. The molecular weight excluding hydrogens is 390 g/mol. The summed E-state index contributed by atoms with van der Waals surface area (Å²) in [7, 11) is 0. The van der Waals surface area contributed by atoms with Gasteiger partial charge in [0.15, 0.2) is 5.82 Å². The summed E-state index contributed by atoms with van der Waals surface area (Å²) in [6.45, 7) is 6.62. The molecule has 3 aromatic rings. The van der Waals surface area contributed by atoms with Gasteiger partial charge in [-0.05, 0) is 35.3 Å². The van der Waals surface area contributed by atoms with E-state index in [0.29, 0.717) is 21.9 Å². The van der Waals surface area contributed by atoms with Gasteiger partial charge in [0, 0.05) is 17.7 Å². The molecule has 2 aromatic carbocycles. The summed E-state index contributed by atoms with van der Waals surface area (Å²) < 4.78 is 7.53. The molecule has 1 aromatic heterocycles. The van der Waals surface area contributed by atoms with Crippen molar-refractivity contribution in [1.29, 1.82) is 0 Å². The Kier molecular flexibility index (Phi) is 5.88. The van der Waals surface area contributed by atoms with E-state index in [1.165, 1.54) is 28.6 Å². The van der Waals surface area contributed by atoms with Crippen LogP contribution in [0.25, 0.3) is 0 Å². The lowest BCUT2D eigenvalue weighted by molar-refractivity contribution is -0.384. The molecule has 1 N–H and O–H groups in total. The normalized spacial score (nSPS) is 11.7. The van der Waals surface area contributed by atoms with Crippen LogP contribution < -0.4 is 4.74 Å². The van der Waals surface area contributed by atoms with E-state index in [-0.39, 0.29) is 17.7 Å². The molecule has 9 heteroatoms. The first-order chi connectivity index (χ1) is 13.7. The first-order valence-electron chi connectivity index (χ1n) is 8.92. The second-order valence-corrected chi connectivity index (χ2v) is 7.80. The molecule has 29 heavy (non-hydrogen) atoms. The highest BCUT2D eigenvalue weighted by Gasteiger charge is 2.13. The highest BCUT2D eigenvalue weighted by atomic mass is 32.1. The molecule has 0 spiro atoms. The van der Waals surface area contributed by atoms with Crippen LogP contribution in [0.1, 0.15) is 37.7 Å². The van der Waals surface area contributed by atoms with E-state index < -0.39 is 4.92 Å². The maximum Gasteiger partial charge on any atom is 0.270 e. The van der Waals surface area contributed by atoms with Crippen molar-refractivity contribution in [3.05, 3.63) is 80.4 Å². The lowest BCUT2D eigenvalue weighted by Gasteiger charge is -2.19. The molecule has 0 saturated heterocycles.